The monoisotopic (exact) mass is 148 g/mol. The van der Waals surface area contributed by atoms with E-state index in [2.05, 4.69) is 0 Å². The lowest BCUT2D eigenvalue weighted by atomic mass is 10.0. The number of hydrogen-bond acceptors (Lipinski definition) is 0. The van der Waals surface area contributed by atoms with Gasteiger partial charge in [-0.2, -0.15) is 0 Å². The highest BCUT2D eigenvalue weighted by Crippen LogP contribution is 2.36. The van der Waals surface area contributed by atoms with E-state index in [0.29, 0.717) is 0 Å². The fraction of sp³-hybridized carbons (Fsp3) is 0.200. The molecule has 0 aliphatic heterocycles. The number of hydrogen-bond donors (Lipinski definition) is 0. The highest BCUT2D eigenvalue weighted by atomic mass is 19.1. The molecule has 1 aliphatic carbocycles. The lowest BCUT2D eigenvalue weighted by molar-refractivity contribution is 0.269. The zero-order valence-electron chi connectivity index (χ0n) is 6.34. The summed E-state index contributed by atoms with van der Waals surface area (Å²) < 4.78 is 13.5. The number of allylic oxidation sites excluding steroid dienone is 1. The third-order valence-corrected chi connectivity index (χ3v) is 2.06. The Morgan fingerprint density at radius 3 is 2.73 bits per heavy atom. The number of benzene rings is 1. The topological polar surface area (TPSA) is 0 Å². The van der Waals surface area contributed by atoms with Crippen molar-refractivity contribution in [1.29, 1.82) is 0 Å². The van der Waals surface area contributed by atoms with Crippen LogP contribution in [0.3, 0.4) is 0 Å². The summed E-state index contributed by atoms with van der Waals surface area (Å²) in [5.41, 5.74) is 0.522. The number of halogens is 1. The van der Waals surface area contributed by atoms with E-state index in [9.17, 15) is 4.39 Å². The van der Waals surface area contributed by atoms with E-state index in [1.165, 1.54) is 0 Å². The van der Waals surface area contributed by atoms with Gasteiger partial charge in [0.05, 0.1) is 0 Å². The second-order valence-corrected chi connectivity index (χ2v) is 3.00. The van der Waals surface area contributed by atoms with Gasteiger partial charge in [0.2, 0.25) is 0 Å². The molecule has 11 heavy (non-hydrogen) atoms. The molecule has 1 aromatic rings. The van der Waals surface area contributed by atoms with Crippen molar-refractivity contribution >= 4 is 6.08 Å². The van der Waals surface area contributed by atoms with Crippen LogP contribution in [0.4, 0.5) is 4.39 Å². The van der Waals surface area contributed by atoms with E-state index < -0.39 is 5.67 Å². The molecule has 56 valence electrons. The average Bonchev–Trinajstić information content (AvgIpc) is 2.29. The van der Waals surface area contributed by atoms with Crippen molar-refractivity contribution in [2.75, 3.05) is 0 Å². The van der Waals surface area contributed by atoms with Crippen molar-refractivity contribution in [3.63, 3.8) is 0 Å². The maximum absolute atomic E-state index is 13.5. The Balaban J connectivity index is 2.64. The molecule has 0 N–H and O–H groups in total. The summed E-state index contributed by atoms with van der Waals surface area (Å²) in [6, 6.07) is 7.54. The number of fused-ring (bicyclic) bond motifs is 1. The first-order valence-electron chi connectivity index (χ1n) is 3.68. The molecule has 0 heterocycles. The van der Waals surface area contributed by atoms with E-state index in [-0.39, 0.29) is 0 Å². The van der Waals surface area contributed by atoms with E-state index >= 15 is 0 Å². The van der Waals surface area contributed by atoms with Crippen LogP contribution < -0.4 is 0 Å². The molecule has 0 fully saturated rings. The number of alkyl halides is 1. The molecular weight excluding hydrogens is 139 g/mol. The Labute approximate surface area is 65.4 Å². The van der Waals surface area contributed by atoms with Gasteiger partial charge in [-0.3, -0.25) is 0 Å². The minimum atomic E-state index is -1.25. The van der Waals surface area contributed by atoms with Crippen LogP contribution in [0.5, 0.6) is 0 Å². The maximum Gasteiger partial charge on any atom is 0.152 e. The zero-order chi connectivity index (χ0) is 7.90. The van der Waals surface area contributed by atoms with Crippen molar-refractivity contribution in [1.82, 2.24) is 0 Å². The van der Waals surface area contributed by atoms with Crippen molar-refractivity contribution in [3.8, 4) is 0 Å². The first-order chi connectivity index (χ1) is 5.20. The quantitative estimate of drug-likeness (QED) is 0.530. The molecule has 1 atom stereocenters. The standard InChI is InChI=1S/C10H9F/c1-10(11)7-6-8-4-2-3-5-9(8)10/h2-7H,1H3. The molecule has 1 heteroatoms. The molecule has 1 aliphatic rings. The summed E-state index contributed by atoms with van der Waals surface area (Å²) >= 11 is 0. The fourth-order valence-electron chi connectivity index (χ4n) is 1.42. The molecule has 0 nitrogen and oxygen atoms in total. The van der Waals surface area contributed by atoms with Crippen LogP contribution in [-0.2, 0) is 5.67 Å². The van der Waals surface area contributed by atoms with Crippen LogP contribution >= 0.6 is 0 Å². The normalized spacial score (nSPS) is 27.1. The van der Waals surface area contributed by atoms with Crippen LogP contribution in [0.2, 0.25) is 0 Å². The van der Waals surface area contributed by atoms with Crippen molar-refractivity contribution < 1.29 is 4.39 Å². The van der Waals surface area contributed by atoms with Crippen molar-refractivity contribution in [3.05, 3.63) is 41.5 Å². The SMILES string of the molecule is CC1(F)C=Cc2ccccc21. The van der Waals surface area contributed by atoms with Crippen LogP contribution in [0, 0.1) is 0 Å². The number of rotatable bonds is 0. The summed E-state index contributed by atoms with van der Waals surface area (Å²) in [7, 11) is 0. The van der Waals surface area contributed by atoms with Gasteiger partial charge in [0, 0.05) is 0 Å². The highest BCUT2D eigenvalue weighted by molar-refractivity contribution is 5.63. The van der Waals surface area contributed by atoms with E-state index in [4.69, 9.17) is 0 Å². The molecule has 2 rings (SSSR count). The van der Waals surface area contributed by atoms with Gasteiger partial charge in [0.15, 0.2) is 5.67 Å². The van der Waals surface area contributed by atoms with Gasteiger partial charge in [0.1, 0.15) is 0 Å². The third-order valence-electron chi connectivity index (χ3n) is 2.06. The summed E-state index contributed by atoms with van der Waals surface area (Å²) in [6.45, 7) is 1.58. The fourth-order valence-corrected chi connectivity index (χ4v) is 1.42. The Kier molecular flexibility index (Phi) is 1.16. The molecule has 0 aromatic heterocycles. The van der Waals surface area contributed by atoms with Crippen LogP contribution in [0.25, 0.3) is 6.08 Å². The van der Waals surface area contributed by atoms with Gasteiger partial charge in [0.25, 0.3) is 0 Å². The zero-order valence-corrected chi connectivity index (χ0v) is 6.34. The molecule has 0 spiro atoms. The lowest BCUT2D eigenvalue weighted by Gasteiger charge is -2.12. The molecule has 0 saturated carbocycles. The third kappa shape index (κ3) is 0.881. The predicted molar refractivity (Wildman–Crippen MR) is 43.9 cm³/mol. The van der Waals surface area contributed by atoms with Crippen LogP contribution in [-0.4, -0.2) is 0 Å². The largest absolute Gasteiger partial charge is 0.234 e. The van der Waals surface area contributed by atoms with E-state index in [1.807, 2.05) is 30.3 Å². The smallest absolute Gasteiger partial charge is 0.152 e. The first kappa shape index (κ1) is 6.59. The maximum atomic E-state index is 13.5. The molecule has 0 radical (unpaired) electrons. The van der Waals surface area contributed by atoms with Crippen LogP contribution in [0.15, 0.2) is 30.3 Å². The lowest BCUT2D eigenvalue weighted by Crippen LogP contribution is -2.07. The molecule has 1 unspecified atom stereocenters. The Hall–Kier alpha value is -1.11. The van der Waals surface area contributed by atoms with Gasteiger partial charge >= 0.3 is 0 Å². The van der Waals surface area contributed by atoms with Gasteiger partial charge in [-0.15, -0.1) is 0 Å². The highest BCUT2D eigenvalue weighted by Gasteiger charge is 2.28. The van der Waals surface area contributed by atoms with Crippen LogP contribution in [0.1, 0.15) is 18.1 Å². The molecular formula is C10H9F. The first-order valence-corrected chi connectivity index (χ1v) is 3.68. The molecule has 1 aromatic carbocycles. The van der Waals surface area contributed by atoms with E-state index in [1.54, 1.807) is 13.0 Å². The minimum absolute atomic E-state index is 0.778. The second-order valence-electron chi connectivity index (χ2n) is 3.00. The molecule has 0 amide bonds. The average molecular weight is 148 g/mol. The van der Waals surface area contributed by atoms with Gasteiger partial charge in [-0.1, -0.05) is 30.3 Å². The molecule has 0 saturated heterocycles. The predicted octanol–water partition coefficient (Wildman–Crippen LogP) is 2.90. The van der Waals surface area contributed by atoms with Gasteiger partial charge < -0.3 is 0 Å². The summed E-state index contributed by atoms with van der Waals surface area (Å²) in [4.78, 5) is 0. The van der Waals surface area contributed by atoms with Gasteiger partial charge in [-0.25, -0.2) is 4.39 Å². The molecule has 0 bridgehead atoms. The summed E-state index contributed by atoms with van der Waals surface area (Å²) in [5, 5.41) is 0. The second kappa shape index (κ2) is 1.94. The Morgan fingerprint density at radius 2 is 2.00 bits per heavy atom. The van der Waals surface area contributed by atoms with E-state index in [0.717, 1.165) is 11.1 Å². The Morgan fingerprint density at radius 1 is 1.27 bits per heavy atom. The van der Waals surface area contributed by atoms with Crippen molar-refractivity contribution in [2.45, 2.75) is 12.6 Å². The summed E-state index contributed by atoms with van der Waals surface area (Å²) in [5.74, 6) is 0. The van der Waals surface area contributed by atoms with Gasteiger partial charge in [-0.05, 0) is 24.1 Å². The Bertz CT molecular complexity index is 310. The minimum Gasteiger partial charge on any atom is -0.234 e. The van der Waals surface area contributed by atoms with Crippen molar-refractivity contribution in [2.24, 2.45) is 0 Å². The summed E-state index contributed by atoms with van der Waals surface area (Å²) in [6.07, 6.45) is 3.42.